The van der Waals surface area contributed by atoms with Gasteiger partial charge in [0.05, 0.1) is 0 Å². The minimum atomic E-state index is -0.0428. The Balaban J connectivity index is 1.97. The summed E-state index contributed by atoms with van der Waals surface area (Å²) in [5, 5.41) is 5.74. The molecule has 2 rings (SSSR count). The first-order chi connectivity index (χ1) is 8.65. The van der Waals surface area contributed by atoms with E-state index >= 15 is 0 Å². The highest BCUT2D eigenvalue weighted by atomic mass is 32.2. The van der Waals surface area contributed by atoms with Gasteiger partial charge in [-0.25, -0.2) is 0 Å². The molecule has 0 fully saturated rings. The summed E-state index contributed by atoms with van der Waals surface area (Å²) < 4.78 is 4.91. The molecule has 1 aromatic heterocycles. The third-order valence-electron chi connectivity index (χ3n) is 2.23. The Labute approximate surface area is 109 Å². The van der Waals surface area contributed by atoms with Crippen LogP contribution in [0, 0.1) is 13.8 Å². The summed E-state index contributed by atoms with van der Waals surface area (Å²) in [7, 11) is 0. The van der Waals surface area contributed by atoms with Crippen molar-refractivity contribution in [2.75, 3.05) is 0 Å². The van der Waals surface area contributed by atoms with E-state index in [1.807, 2.05) is 31.2 Å². The largest absolute Gasteiger partial charge is 0.327 e. The van der Waals surface area contributed by atoms with Crippen LogP contribution in [0.3, 0.4) is 0 Å². The number of aryl methyl sites for hydroxylation is 2. The molecule has 0 atom stereocenters. The van der Waals surface area contributed by atoms with E-state index in [0.717, 1.165) is 5.56 Å². The van der Waals surface area contributed by atoms with Crippen LogP contribution in [-0.2, 0) is 0 Å². The molecular formula is C13H12N2O2S. The minimum Gasteiger partial charge on any atom is -0.327 e. The molecule has 92 valence electrons. The zero-order valence-corrected chi connectivity index (χ0v) is 10.9. The molecule has 1 aromatic carbocycles. The van der Waals surface area contributed by atoms with Crippen molar-refractivity contribution in [1.29, 1.82) is 0 Å². The van der Waals surface area contributed by atoms with E-state index in [2.05, 4.69) is 10.1 Å². The van der Waals surface area contributed by atoms with Crippen molar-refractivity contribution in [3.63, 3.8) is 0 Å². The maximum atomic E-state index is 11.8. The molecule has 0 aliphatic heterocycles. The maximum absolute atomic E-state index is 11.8. The SMILES string of the molecule is Cc1ccc(C(=O)/C=C/Sc2nc(C)no2)cc1. The number of allylic oxidation sites excluding steroid dienone is 1. The fourth-order valence-electron chi connectivity index (χ4n) is 1.29. The van der Waals surface area contributed by atoms with Gasteiger partial charge < -0.3 is 4.52 Å². The second-order valence-corrected chi connectivity index (χ2v) is 4.62. The van der Waals surface area contributed by atoms with Crippen LogP contribution < -0.4 is 0 Å². The van der Waals surface area contributed by atoms with E-state index in [9.17, 15) is 4.79 Å². The average molecular weight is 260 g/mol. The average Bonchev–Trinajstić information content (AvgIpc) is 2.76. The van der Waals surface area contributed by atoms with E-state index < -0.39 is 0 Å². The number of aromatic nitrogens is 2. The lowest BCUT2D eigenvalue weighted by molar-refractivity contribution is 0.104. The normalized spacial score (nSPS) is 11.0. The molecule has 0 aliphatic rings. The molecule has 0 saturated heterocycles. The van der Waals surface area contributed by atoms with Crippen molar-refractivity contribution in [3.8, 4) is 0 Å². The molecule has 0 unspecified atom stereocenters. The topological polar surface area (TPSA) is 56.0 Å². The van der Waals surface area contributed by atoms with E-state index in [1.165, 1.54) is 17.8 Å². The molecule has 0 saturated carbocycles. The van der Waals surface area contributed by atoms with E-state index in [0.29, 0.717) is 16.6 Å². The number of rotatable bonds is 4. The summed E-state index contributed by atoms with van der Waals surface area (Å²) in [5.74, 6) is 0.537. The summed E-state index contributed by atoms with van der Waals surface area (Å²) in [5.41, 5.74) is 1.80. The molecule has 0 bridgehead atoms. The highest BCUT2D eigenvalue weighted by Gasteiger charge is 2.03. The fraction of sp³-hybridized carbons (Fsp3) is 0.154. The number of carbonyl (C=O) groups excluding carboxylic acids is 1. The van der Waals surface area contributed by atoms with Crippen molar-refractivity contribution in [3.05, 3.63) is 52.7 Å². The summed E-state index contributed by atoms with van der Waals surface area (Å²) in [6, 6.07) is 7.44. The monoisotopic (exact) mass is 260 g/mol. The van der Waals surface area contributed by atoms with E-state index in [-0.39, 0.29) is 5.78 Å². The molecule has 0 amide bonds. The number of benzene rings is 1. The Morgan fingerprint density at radius 3 is 2.61 bits per heavy atom. The predicted molar refractivity (Wildman–Crippen MR) is 69.5 cm³/mol. The highest BCUT2D eigenvalue weighted by molar-refractivity contribution is 8.01. The van der Waals surface area contributed by atoms with Gasteiger partial charge in [-0.2, -0.15) is 4.98 Å². The van der Waals surface area contributed by atoms with Crippen molar-refractivity contribution >= 4 is 17.5 Å². The first-order valence-corrected chi connectivity index (χ1v) is 6.27. The first-order valence-electron chi connectivity index (χ1n) is 5.39. The molecule has 0 spiro atoms. The standard InChI is InChI=1S/C13H12N2O2S/c1-9-3-5-11(6-4-9)12(16)7-8-18-13-14-10(2)15-17-13/h3-8H,1-2H3/b8-7+. The van der Waals surface area contributed by atoms with Crippen LogP contribution in [0.2, 0.25) is 0 Å². The van der Waals surface area contributed by atoms with Gasteiger partial charge in [-0.1, -0.05) is 35.0 Å². The van der Waals surface area contributed by atoms with Gasteiger partial charge in [0, 0.05) is 5.56 Å². The quantitative estimate of drug-likeness (QED) is 0.480. The Bertz CT molecular complexity index is 573. The van der Waals surface area contributed by atoms with Crippen LogP contribution in [0.1, 0.15) is 21.7 Å². The second kappa shape index (κ2) is 5.64. The summed E-state index contributed by atoms with van der Waals surface area (Å²) in [6.07, 6.45) is 1.49. The predicted octanol–water partition coefficient (Wildman–Crippen LogP) is 3.18. The third kappa shape index (κ3) is 3.30. The molecular weight excluding hydrogens is 248 g/mol. The zero-order valence-electron chi connectivity index (χ0n) is 10.1. The molecule has 5 heteroatoms. The molecule has 1 heterocycles. The fourth-order valence-corrected chi connectivity index (χ4v) is 1.87. The Hall–Kier alpha value is -1.88. The van der Waals surface area contributed by atoms with Crippen molar-refractivity contribution in [2.45, 2.75) is 19.1 Å². The van der Waals surface area contributed by atoms with E-state index in [4.69, 9.17) is 4.52 Å². The van der Waals surface area contributed by atoms with Gasteiger partial charge in [-0.05, 0) is 37.1 Å². The van der Waals surface area contributed by atoms with Crippen LogP contribution in [0.5, 0.6) is 0 Å². The van der Waals surface area contributed by atoms with Crippen LogP contribution in [0.4, 0.5) is 0 Å². The molecule has 18 heavy (non-hydrogen) atoms. The number of thioether (sulfide) groups is 1. The number of nitrogens with zero attached hydrogens (tertiary/aromatic N) is 2. The summed E-state index contributed by atoms with van der Waals surface area (Å²) in [6.45, 7) is 3.73. The lowest BCUT2D eigenvalue weighted by Crippen LogP contribution is -1.93. The molecule has 0 radical (unpaired) electrons. The minimum absolute atomic E-state index is 0.0428. The van der Waals surface area contributed by atoms with Gasteiger partial charge >= 0.3 is 0 Å². The maximum Gasteiger partial charge on any atom is 0.289 e. The number of hydrogen-bond acceptors (Lipinski definition) is 5. The first kappa shape index (κ1) is 12.6. The Morgan fingerprint density at radius 1 is 1.28 bits per heavy atom. The van der Waals surface area contributed by atoms with Gasteiger partial charge in [-0.3, -0.25) is 4.79 Å². The Kier molecular flexibility index (Phi) is 3.94. The van der Waals surface area contributed by atoms with Crippen LogP contribution in [-0.4, -0.2) is 15.9 Å². The highest BCUT2D eigenvalue weighted by Crippen LogP contribution is 2.16. The van der Waals surface area contributed by atoms with Crippen molar-refractivity contribution in [1.82, 2.24) is 10.1 Å². The number of ketones is 1. The van der Waals surface area contributed by atoms with Gasteiger partial charge in [0.15, 0.2) is 11.6 Å². The second-order valence-electron chi connectivity index (χ2n) is 3.76. The Morgan fingerprint density at radius 2 is 2.00 bits per heavy atom. The summed E-state index contributed by atoms with van der Waals surface area (Å²) in [4.78, 5) is 15.8. The number of hydrogen-bond donors (Lipinski definition) is 0. The van der Waals surface area contributed by atoms with Gasteiger partial charge in [-0.15, -0.1) is 0 Å². The lowest BCUT2D eigenvalue weighted by Gasteiger charge is -1.95. The molecule has 0 N–H and O–H groups in total. The third-order valence-corrected chi connectivity index (χ3v) is 2.87. The summed E-state index contributed by atoms with van der Waals surface area (Å²) >= 11 is 1.23. The van der Waals surface area contributed by atoms with Gasteiger partial charge in [0.2, 0.25) is 0 Å². The van der Waals surface area contributed by atoms with Crippen LogP contribution >= 0.6 is 11.8 Å². The van der Waals surface area contributed by atoms with Crippen LogP contribution in [0.15, 0.2) is 45.5 Å². The molecule has 0 aliphatic carbocycles. The number of carbonyl (C=O) groups is 1. The van der Waals surface area contributed by atoms with Gasteiger partial charge in [0.1, 0.15) is 0 Å². The lowest BCUT2D eigenvalue weighted by atomic mass is 10.1. The van der Waals surface area contributed by atoms with Crippen molar-refractivity contribution in [2.24, 2.45) is 0 Å². The molecule has 4 nitrogen and oxygen atoms in total. The van der Waals surface area contributed by atoms with E-state index in [1.54, 1.807) is 12.3 Å². The smallest absolute Gasteiger partial charge is 0.289 e. The van der Waals surface area contributed by atoms with Crippen molar-refractivity contribution < 1.29 is 9.32 Å². The molecule has 2 aromatic rings. The zero-order chi connectivity index (χ0) is 13.0. The van der Waals surface area contributed by atoms with Gasteiger partial charge in [0.25, 0.3) is 5.22 Å². The van der Waals surface area contributed by atoms with Crippen LogP contribution in [0.25, 0.3) is 0 Å².